The van der Waals surface area contributed by atoms with Gasteiger partial charge in [0.1, 0.15) is 5.75 Å². The number of nitrogens with one attached hydrogen (secondary N) is 1. The minimum absolute atomic E-state index is 0.785. The van der Waals surface area contributed by atoms with Gasteiger partial charge >= 0.3 is 0 Å². The SMILES string of the molecule is CCCCCCCCCCCCc1ccc(Nc2cccc(OCCCC)c2)cc1. The highest BCUT2D eigenvalue weighted by Crippen LogP contribution is 2.22. The first-order chi connectivity index (χ1) is 14.8. The fraction of sp³-hybridized carbons (Fsp3) is 0.571. The van der Waals surface area contributed by atoms with Crippen molar-refractivity contribution in [1.82, 2.24) is 0 Å². The van der Waals surface area contributed by atoms with E-state index in [1.165, 1.54) is 76.2 Å². The second kappa shape index (κ2) is 15.8. The molecular weight excluding hydrogens is 366 g/mol. The highest BCUT2D eigenvalue weighted by Gasteiger charge is 2.00. The number of aryl methyl sites for hydroxylation is 1. The number of hydrogen-bond donors (Lipinski definition) is 1. The van der Waals surface area contributed by atoms with Gasteiger partial charge in [-0.25, -0.2) is 0 Å². The highest BCUT2D eigenvalue weighted by molar-refractivity contribution is 5.61. The molecule has 0 atom stereocenters. The van der Waals surface area contributed by atoms with Gasteiger partial charge in [-0.05, 0) is 49.1 Å². The molecule has 0 amide bonds. The lowest BCUT2D eigenvalue weighted by Gasteiger charge is -2.10. The molecule has 0 spiro atoms. The molecule has 0 aliphatic carbocycles. The van der Waals surface area contributed by atoms with E-state index < -0.39 is 0 Å². The molecule has 0 saturated carbocycles. The molecule has 2 heteroatoms. The van der Waals surface area contributed by atoms with Crippen LogP contribution in [0.5, 0.6) is 5.75 Å². The first-order valence-corrected chi connectivity index (χ1v) is 12.4. The molecule has 0 aromatic heterocycles. The molecule has 2 aromatic rings. The summed E-state index contributed by atoms with van der Waals surface area (Å²) in [5, 5.41) is 3.49. The molecule has 0 radical (unpaired) electrons. The first-order valence-electron chi connectivity index (χ1n) is 12.4. The van der Waals surface area contributed by atoms with E-state index in [0.29, 0.717) is 0 Å². The molecule has 30 heavy (non-hydrogen) atoms. The summed E-state index contributed by atoms with van der Waals surface area (Å²) in [4.78, 5) is 0. The second-order valence-corrected chi connectivity index (χ2v) is 8.48. The summed E-state index contributed by atoms with van der Waals surface area (Å²) in [6.07, 6.45) is 17.4. The van der Waals surface area contributed by atoms with Crippen LogP contribution in [0, 0.1) is 0 Å². The lowest BCUT2D eigenvalue weighted by molar-refractivity contribution is 0.309. The molecule has 0 bridgehead atoms. The quantitative estimate of drug-likeness (QED) is 0.263. The minimum atomic E-state index is 0.785. The predicted molar refractivity (Wildman–Crippen MR) is 132 cm³/mol. The van der Waals surface area contributed by atoms with Crippen LogP contribution in [0.25, 0.3) is 0 Å². The predicted octanol–water partition coefficient (Wildman–Crippen LogP) is 9.07. The number of unbranched alkanes of at least 4 members (excludes halogenated alkanes) is 10. The molecule has 2 rings (SSSR count). The summed E-state index contributed by atoms with van der Waals surface area (Å²) in [7, 11) is 0. The molecule has 0 unspecified atom stereocenters. The average Bonchev–Trinajstić information content (AvgIpc) is 2.77. The zero-order chi connectivity index (χ0) is 21.3. The third-order valence-electron chi connectivity index (χ3n) is 5.66. The highest BCUT2D eigenvalue weighted by atomic mass is 16.5. The Hall–Kier alpha value is -1.96. The van der Waals surface area contributed by atoms with Crippen LogP contribution >= 0.6 is 0 Å². The van der Waals surface area contributed by atoms with Crippen LogP contribution in [0.2, 0.25) is 0 Å². The zero-order valence-electron chi connectivity index (χ0n) is 19.4. The van der Waals surface area contributed by atoms with E-state index in [0.717, 1.165) is 36.6 Å². The molecule has 2 aromatic carbocycles. The van der Waals surface area contributed by atoms with Crippen molar-refractivity contribution in [3.63, 3.8) is 0 Å². The lowest BCUT2D eigenvalue weighted by atomic mass is 10.0. The van der Waals surface area contributed by atoms with Gasteiger partial charge in [0.2, 0.25) is 0 Å². The first kappa shape index (κ1) is 24.3. The van der Waals surface area contributed by atoms with Crippen molar-refractivity contribution in [2.45, 2.75) is 97.3 Å². The Balaban J connectivity index is 1.61. The molecular formula is C28H43NO. The van der Waals surface area contributed by atoms with Crippen LogP contribution in [0.4, 0.5) is 11.4 Å². The summed E-state index contributed by atoms with van der Waals surface area (Å²) in [6.45, 7) is 5.25. The maximum atomic E-state index is 5.81. The topological polar surface area (TPSA) is 21.3 Å². The van der Waals surface area contributed by atoms with E-state index in [1.807, 2.05) is 12.1 Å². The fourth-order valence-electron chi connectivity index (χ4n) is 3.74. The molecule has 0 saturated heterocycles. The largest absolute Gasteiger partial charge is 0.494 e. The van der Waals surface area contributed by atoms with Crippen molar-refractivity contribution in [1.29, 1.82) is 0 Å². The van der Waals surface area contributed by atoms with Gasteiger partial charge < -0.3 is 10.1 Å². The van der Waals surface area contributed by atoms with E-state index >= 15 is 0 Å². The van der Waals surface area contributed by atoms with Crippen molar-refractivity contribution in [2.75, 3.05) is 11.9 Å². The monoisotopic (exact) mass is 409 g/mol. The van der Waals surface area contributed by atoms with Gasteiger partial charge in [-0.3, -0.25) is 0 Å². The number of hydrogen-bond acceptors (Lipinski definition) is 2. The van der Waals surface area contributed by atoms with E-state index in [9.17, 15) is 0 Å². The average molecular weight is 410 g/mol. The van der Waals surface area contributed by atoms with Crippen molar-refractivity contribution in [2.24, 2.45) is 0 Å². The van der Waals surface area contributed by atoms with Gasteiger partial charge in [-0.1, -0.05) is 96.3 Å². The Morgan fingerprint density at radius 2 is 1.27 bits per heavy atom. The standard InChI is InChI=1S/C28H43NO/c1-3-5-7-8-9-10-11-12-13-14-16-25-19-21-26(22-20-25)29-27-17-15-18-28(24-27)30-23-6-4-2/h15,17-22,24,29H,3-14,16,23H2,1-2H3. The second-order valence-electron chi connectivity index (χ2n) is 8.48. The lowest BCUT2D eigenvalue weighted by Crippen LogP contribution is -1.97. The van der Waals surface area contributed by atoms with Crippen LogP contribution < -0.4 is 10.1 Å². The van der Waals surface area contributed by atoms with Gasteiger partial charge in [-0.15, -0.1) is 0 Å². The Morgan fingerprint density at radius 1 is 0.633 bits per heavy atom. The molecule has 0 aliphatic heterocycles. The number of ether oxygens (including phenoxy) is 1. The van der Waals surface area contributed by atoms with E-state index in [4.69, 9.17) is 4.74 Å². The molecule has 166 valence electrons. The summed E-state index contributed by atoms with van der Waals surface area (Å²) < 4.78 is 5.81. The third-order valence-corrected chi connectivity index (χ3v) is 5.66. The zero-order valence-corrected chi connectivity index (χ0v) is 19.4. The van der Waals surface area contributed by atoms with Crippen molar-refractivity contribution in [3.8, 4) is 5.75 Å². The molecule has 0 fully saturated rings. The minimum Gasteiger partial charge on any atom is -0.494 e. The third kappa shape index (κ3) is 10.7. The van der Waals surface area contributed by atoms with Crippen molar-refractivity contribution >= 4 is 11.4 Å². The summed E-state index contributed by atoms with van der Waals surface area (Å²) in [5.74, 6) is 0.936. The van der Waals surface area contributed by atoms with Gasteiger partial charge in [-0.2, -0.15) is 0 Å². The summed E-state index contributed by atoms with van der Waals surface area (Å²) >= 11 is 0. The van der Waals surface area contributed by atoms with Crippen LogP contribution in [-0.4, -0.2) is 6.61 Å². The molecule has 2 nitrogen and oxygen atoms in total. The Kier molecular flexibility index (Phi) is 12.8. The van der Waals surface area contributed by atoms with Crippen LogP contribution in [0.3, 0.4) is 0 Å². The molecule has 0 heterocycles. The van der Waals surface area contributed by atoms with Gasteiger partial charge in [0.25, 0.3) is 0 Å². The number of anilines is 2. The van der Waals surface area contributed by atoms with E-state index in [-0.39, 0.29) is 0 Å². The van der Waals surface area contributed by atoms with Gasteiger partial charge in [0.05, 0.1) is 6.61 Å². The van der Waals surface area contributed by atoms with Crippen molar-refractivity contribution < 1.29 is 4.74 Å². The smallest absolute Gasteiger partial charge is 0.121 e. The van der Waals surface area contributed by atoms with Crippen LogP contribution in [0.1, 0.15) is 96.5 Å². The number of rotatable bonds is 17. The summed E-state index contributed by atoms with van der Waals surface area (Å²) in [5.41, 5.74) is 3.65. The van der Waals surface area contributed by atoms with E-state index in [1.54, 1.807) is 0 Å². The summed E-state index contributed by atoms with van der Waals surface area (Å²) in [6, 6.07) is 17.1. The van der Waals surface area contributed by atoms with E-state index in [2.05, 4.69) is 55.6 Å². The van der Waals surface area contributed by atoms with Gasteiger partial charge in [0, 0.05) is 17.4 Å². The Bertz CT molecular complexity index is 665. The normalized spacial score (nSPS) is 10.9. The number of benzene rings is 2. The Labute approximate surface area is 185 Å². The van der Waals surface area contributed by atoms with Gasteiger partial charge in [0.15, 0.2) is 0 Å². The Morgan fingerprint density at radius 3 is 1.93 bits per heavy atom. The maximum Gasteiger partial charge on any atom is 0.121 e. The molecule has 0 aliphatic rings. The maximum absolute atomic E-state index is 5.81. The van der Waals surface area contributed by atoms with Crippen LogP contribution in [-0.2, 0) is 6.42 Å². The fourth-order valence-corrected chi connectivity index (χ4v) is 3.74. The van der Waals surface area contributed by atoms with Crippen LogP contribution in [0.15, 0.2) is 48.5 Å². The van der Waals surface area contributed by atoms with Crippen molar-refractivity contribution in [3.05, 3.63) is 54.1 Å². The molecule has 1 N–H and O–H groups in total.